The molecule has 1 saturated heterocycles. The number of nitrogens with zero attached hydrogens (tertiary/aromatic N) is 5. The van der Waals surface area contributed by atoms with Crippen LogP contribution in [0.1, 0.15) is 5.56 Å². The van der Waals surface area contributed by atoms with E-state index >= 15 is 0 Å². The Morgan fingerprint density at radius 2 is 1.66 bits per heavy atom. The molecule has 4 rings (SSSR count). The summed E-state index contributed by atoms with van der Waals surface area (Å²) in [6.07, 6.45) is 5.09. The molecule has 0 aliphatic carbocycles. The first-order valence-corrected chi connectivity index (χ1v) is 10.8. The molecule has 0 N–H and O–H groups in total. The fraction of sp³-hybridized carbons (Fsp3) is 0.190. The first-order chi connectivity index (χ1) is 14.1. The SMILES string of the molecule is O=S(=O)(C=Cc1ccccc1)N1CCN(c2ccc(-c3cccnc3)nn2)CC1. The van der Waals surface area contributed by atoms with Gasteiger partial charge in [-0.2, -0.15) is 4.31 Å². The number of pyridine rings is 1. The number of sulfonamides is 1. The molecular weight excluding hydrogens is 386 g/mol. The number of piperazine rings is 1. The Balaban J connectivity index is 1.38. The van der Waals surface area contributed by atoms with Gasteiger partial charge in [-0.05, 0) is 35.9 Å². The van der Waals surface area contributed by atoms with Gasteiger partial charge in [0.1, 0.15) is 0 Å². The number of benzene rings is 1. The predicted octanol–water partition coefficient (Wildman–Crippen LogP) is 2.66. The molecule has 0 amide bonds. The van der Waals surface area contributed by atoms with Crippen LogP contribution >= 0.6 is 0 Å². The molecule has 8 heteroatoms. The fourth-order valence-corrected chi connectivity index (χ4v) is 4.32. The highest BCUT2D eigenvalue weighted by atomic mass is 32.2. The van der Waals surface area contributed by atoms with E-state index in [-0.39, 0.29) is 0 Å². The lowest BCUT2D eigenvalue weighted by molar-refractivity contribution is 0.388. The summed E-state index contributed by atoms with van der Waals surface area (Å²) in [4.78, 5) is 6.14. The molecule has 3 aromatic rings. The standard InChI is InChI=1S/C21H21N5O2S/c27-29(28,16-10-18-5-2-1-3-6-18)26-14-12-25(13-15-26)21-9-8-20(23-24-21)19-7-4-11-22-17-19/h1-11,16-17H,12-15H2. The summed E-state index contributed by atoms with van der Waals surface area (Å²) in [5.74, 6) is 0.745. The van der Waals surface area contributed by atoms with Crippen molar-refractivity contribution in [2.24, 2.45) is 0 Å². The lowest BCUT2D eigenvalue weighted by atomic mass is 10.2. The summed E-state index contributed by atoms with van der Waals surface area (Å²) in [5, 5.41) is 9.87. The van der Waals surface area contributed by atoms with Gasteiger partial charge in [0.05, 0.1) is 5.69 Å². The molecule has 7 nitrogen and oxygen atoms in total. The molecule has 2 aromatic heterocycles. The molecule has 0 radical (unpaired) electrons. The van der Waals surface area contributed by atoms with Crippen LogP contribution in [0.15, 0.2) is 72.4 Å². The van der Waals surface area contributed by atoms with Crippen molar-refractivity contribution in [3.63, 3.8) is 0 Å². The molecule has 0 bridgehead atoms. The van der Waals surface area contributed by atoms with Crippen LogP contribution in [0.25, 0.3) is 17.3 Å². The number of hydrogen-bond donors (Lipinski definition) is 0. The second-order valence-corrected chi connectivity index (χ2v) is 8.48. The Morgan fingerprint density at radius 3 is 2.31 bits per heavy atom. The molecule has 1 aromatic carbocycles. The molecule has 0 saturated carbocycles. The zero-order valence-corrected chi connectivity index (χ0v) is 16.6. The van der Waals surface area contributed by atoms with Gasteiger partial charge in [-0.15, -0.1) is 10.2 Å². The maximum atomic E-state index is 12.6. The molecule has 1 aliphatic rings. The molecule has 1 fully saturated rings. The van der Waals surface area contributed by atoms with Gasteiger partial charge in [0.2, 0.25) is 10.0 Å². The van der Waals surface area contributed by atoms with Crippen molar-refractivity contribution in [2.45, 2.75) is 0 Å². The van der Waals surface area contributed by atoms with Crippen molar-refractivity contribution in [3.8, 4) is 11.3 Å². The van der Waals surface area contributed by atoms with Gasteiger partial charge in [0.25, 0.3) is 0 Å². The summed E-state index contributed by atoms with van der Waals surface area (Å²) in [5.41, 5.74) is 2.53. The van der Waals surface area contributed by atoms with Crippen molar-refractivity contribution >= 4 is 21.9 Å². The van der Waals surface area contributed by atoms with E-state index in [4.69, 9.17) is 0 Å². The third-order valence-corrected chi connectivity index (χ3v) is 6.33. The lowest BCUT2D eigenvalue weighted by Crippen LogP contribution is -2.48. The van der Waals surface area contributed by atoms with Crippen LogP contribution < -0.4 is 4.90 Å². The molecule has 0 spiro atoms. The molecule has 29 heavy (non-hydrogen) atoms. The van der Waals surface area contributed by atoms with E-state index in [1.807, 2.05) is 59.5 Å². The topological polar surface area (TPSA) is 79.3 Å². The molecule has 1 aliphatic heterocycles. The smallest absolute Gasteiger partial charge is 0.236 e. The van der Waals surface area contributed by atoms with E-state index < -0.39 is 10.0 Å². The van der Waals surface area contributed by atoms with Crippen molar-refractivity contribution in [1.82, 2.24) is 19.5 Å². The van der Waals surface area contributed by atoms with Crippen molar-refractivity contribution in [3.05, 3.63) is 78.0 Å². The fourth-order valence-electron chi connectivity index (χ4n) is 3.15. The molecule has 3 heterocycles. The predicted molar refractivity (Wildman–Crippen MR) is 113 cm³/mol. The molecular formula is C21H21N5O2S. The van der Waals surface area contributed by atoms with Gasteiger partial charge < -0.3 is 4.90 Å². The first-order valence-electron chi connectivity index (χ1n) is 9.34. The van der Waals surface area contributed by atoms with Gasteiger partial charge in [0.15, 0.2) is 5.82 Å². The summed E-state index contributed by atoms with van der Waals surface area (Å²) < 4.78 is 26.7. The maximum Gasteiger partial charge on any atom is 0.236 e. The van der Waals surface area contributed by atoms with Gasteiger partial charge >= 0.3 is 0 Å². The normalized spacial score (nSPS) is 15.7. The van der Waals surface area contributed by atoms with Crippen LogP contribution in [0.4, 0.5) is 5.82 Å². The number of rotatable bonds is 5. The third kappa shape index (κ3) is 4.67. The minimum atomic E-state index is -3.45. The van der Waals surface area contributed by atoms with E-state index in [1.54, 1.807) is 18.5 Å². The van der Waals surface area contributed by atoms with Crippen LogP contribution in [0.3, 0.4) is 0 Å². The highest BCUT2D eigenvalue weighted by molar-refractivity contribution is 7.92. The van der Waals surface area contributed by atoms with E-state index in [2.05, 4.69) is 15.2 Å². The van der Waals surface area contributed by atoms with Crippen LogP contribution in [0.5, 0.6) is 0 Å². The first kappa shape index (κ1) is 19.2. The van der Waals surface area contributed by atoms with E-state index in [0.29, 0.717) is 26.2 Å². The second kappa shape index (κ2) is 8.50. The average molecular weight is 407 g/mol. The van der Waals surface area contributed by atoms with Gasteiger partial charge in [-0.1, -0.05) is 30.3 Å². The van der Waals surface area contributed by atoms with Gasteiger partial charge in [-0.3, -0.25) is 4.98 Å². The van der Waals surface area contributed by atoms with Crippen molar-refractivity contribution in [2.75, 3.05) is 31.1 Å². The Kier molecular flexibility index (Phi) is 5.64. The van der Waals surface area contributed by atoms with E-state index in [9.17, 15) is 8.42 Å². The number of hydrogen-bond acceptors (Lipinski definition) is 6. The molecule has 0 atom stereocenters. The Morgan fingerprint density at radius 1 is 0.862 bits per heavy atom. The minimum Gasteiger partial charge on any atom is -0.352 e. The van der Waals surface area contributed by atoms with Crippen LogP contribution in [0.2, 0.25) is 0 Å². The zero-order valence-electron chi connectivity index (χ0n) is 15.8. The second-order valence-electron chi connectivity index (χ2n) is 6.66. The van der Waals surface area contributed by atoms with E-state index in [1.165, 1.54) is 9.71 Å². The Labute approximate surface area is 170 Å². The van der Waals surface area contributed by atoms with Crippen LogP contribution in [-0.4, -0.2) is 54.1 Å². The van der Waals surface area contributed by atoms with Crippen molar-refractivity contribution in [1.29, 1.82) is 0 Å². The van der Waals surface area contributed by atoms with Crippen molar-refractivity contribution < 1.29 is 8.42 Å². The zero-order chi connectivity index (χ0) is 20.1. The quantitative estimate of drug-likeness (QED) is 0.647. The number of anilines is 1. The van der Waals surface area contributed by atoms with Gasteiger partial charge in [-0.25, -0.2) is 8.42 Å². The third-order valence-electron chi connectivity index (χ3n) is 4.76. The van der Waals surface area contributed by atoms with Gasteiger partial charge in [0, 0.05) is 49.5 Å². The Bertz CT molecular complexity index is 1060. The van der Waals surface area contributed by atoms with E-state index in [0.717, 1.165) is 22.6 Å². The monoisotopic (exact) mass is 407 g/mol. The molecule has 0 unspecified atom stereocenters. The summed E-state index contributed by atoms with van der Waals surface area (Å²) in [6.45, 7) is 1.96. The minimum absolute atomic E-state index is 0.410. The largest absolute Gasteiger partial charge is 0.352 e. The average Bonchev–Trinajstić information content (AvgIpc) is 2.79. The summed E-state index contributed by atoms with van der Waals surface area (Å²) in [6, 6.07) is 17.0. The highest BCUT2D eigenvalue weighted by Crippen LogP contribution is 2.19. The summed E-state index contributed by atoms with van der Waals surface area (Å²) >= 11 is 0. The molecule has 148 valence electrons. The number of aromatic nitrogens is 3. The summed E-state index contributed by atoms with van der Waals surface area (Å²) in [7, 11) is -3.45. The van der Waals surface area contributed by atoms with Crippen LogP contribution in [0, 0.1) is 0 Å². The van der Waals surface area contributed by atoms with Crippen LogP contribution in [-0.2, 0) is 10.0 Å². The highest BCUT2D eigenvalue weighted by Gasteiger charge is 2.25. The maximum absolute atomic E-state index is 12.6. The Hall–Kier alpha value is -3.10. The lowest BCUT2D eigenvalue weighted by Gasteiger charge is -2.33.